The first-order valence-corrected chi connectivity index (χ1v) is 7.21. The fourth-order valence-corrected chi connectivity index (χ4v) is 4.49. The number of phenolic OH excluding ortho intramolecular Hbond substituents is 1. The van der Waals surface area contributed by atoms with E-state index in [4.69, 9.17) is 0 Å². The van der Waals surface area contributed by atoms with E-state index in [-0.39, 0.29) is 0 Å². The van der Waals surface area contributed by atoms with Crippen LogP contribution in [-0.2, 0) is 0 Å². The number of aromatic hydroxyl groups is 1. The maximum atomic E-state index is 10.3. The highest BCUT2D eigenvalue weighted by Crippen LogP contribution is 2.64. The number of rotatable bonds is 1. The van der Waals surface area contributed by atoms with Crippen LogP contribution in [0.1, 0.15) is 50.7 Å². The van der Waals surface area contributed by atoms with Gasteiger partial charge in [-0.05, 0) is 60.0 Å². The zero-order valence-electron chi connectivity index (χ0n) is 11.9. The van der Waals surface area contributed by atoms with Crippen molar-refractivity contribution >= 4 is 0 Å². The third-order valence-corrected chi connectivity index (χ3v) is 6.15. The van der Waals surface area contributed by atoms with Gasteiger partial charge in [-0.1, -0.05) is 39.0 Å². The Kier molecular flexibility index (Phi) is 2.52. The van der Waals surface area contributed by atoms with Crippen molar-refractivity contribution in [2.24, 2.45) is 23.2 Å². The second kappa shape index (κ2) is 3.76. The molecular formula is C17H24O. The minimum atomic E-state index is 0.487. The van der Waals surface area contributed by atoms with Crippen LogP contribution in [0.4, 0.5) is 0 Å². The molecule has 0 amide bonds. The van der Waals surface area contributed by atoms with Crippen molar-refractivity contribution in [3.8, 4) is 5.75 Å². The second-order valence-electron chi connectivity index (χ2n) is 7.06. The van der Waals surface area contributed by atoms with E-state index >= 15 is 0 Å². The summed E-state index contributed by atoms with van der Waals surface area (Å²) in [6.07, 6.45) is 2.62. The summed E-state index contributed by atoms with van der Waals surface area (Å²) in [4.78, 5) is 0. The number of phenols is 1. The molecular weight excluding hydrogens is 220 g/mol. The predicted octanol–water partition coefficient (Wildman–Crippen LogP) is 4.49. The van der Waals surface area contributed by atoms with Gasteiger partial charge in [0.15, 0.2) is 0 Å². The fraction of sp³-hybridized carbons (Fsp3) is 0.647. The summed E-state index contributed by atoms with van der Waals surface area (Å²) in [7, 11) is 0. The minimum absolute atomic E-state index is 0.487. The van der Waals surface area contributed by atoms with Crippen LogP contribution in [0.3, 0.4) is 0 Å². The highest BCUT2D eigenvalue weighted by molar-refractivity contribution is 5.43. The summed E-state index contributed by atoms with van der Waals surface area (Å²) in [5, 5.41) is 10.3. The molecule has 0 radical (unpaired) electrons. The molecule has 2 saturated carbocycles. The Labute approximate surface area is 110 Å². The lowest BCUT2D eigenvalue weighted by Crippen LogP contribution is -2.32. The van der Waals surface area contributed by atoms with Crippen LogP contribution in [0, 0.1) is 30.1 Å². The van der Waals surface area contributed by atoms with Crippen LogP contribution in [0.15, 0.2) is 18.2 Å². The van der Waals surface area contributed by atoms with Gasteiger partial charge in [0, 0.05) is 0 Å². The Morgan fingerprint density at radius 3 is 2.56 bits per heavy atom. The van der Waals surface area contributed by atoms with Crippen molar-refractivity contribution in [3.63, 3.8) is 0 Å². The molecule has 0 spiro atoms. The first kappa shape index (κ1) is 12.1. The number of para-hydroxylation sites is 1. The summed E-state index contributed by atoms with van der Waals surface area (Å²) < 4.78 is 0. The van der Waals surface area contributed by atoms with Crippen LogP contribution in [0.5, 0.6) is 5.75 Å². The number of fused-ring (bicyclic) bond motifs is 2. The van der Waals surface area contributed by atoms with Gasteiger partial charge < -0.3 is 5.11 Å². The van der Waals surface area contributed by atoms with Crippen LogP contribution in [0.25, 0.3) is 0 Å². The molecule has 2 bridgehead atoms. The van der Waals surface area contributed by atoms with Crippen molar-refractivity contribution in [3.05, 3.63) is 29.3 Å². The Morgan fingerprint density at radius 1 is 1.22 bits per heavy atom. The normalized spacial score (nSPS) is 37.1. The standard InChI is InChI=1S/C17H24O/c1-10-6-5-7-13(16(10)18)15-9-12-8-14(15)11(2)17(12,3)4/h5-7,11-12,14-15,18H,8-9H2,1-4H3/t11-,12+,14-,15-/m0/s1. The Bertz CT molecular complexity index is 470. The first-order chi connectivity index (χ1) is 8.43. The van der Waals surface area contributed by atoms with E-state index in [1.807, 2.05) is 13.0 Å². The van der Waals surface area contributed by atoms with Gasteiger partial charge in [0.05, 0.1) is 0 Å². The molecule has 18 heavy (non-hydrogen) atoms. The van der Waals surface area contributed by atoms with Crippen molar-refractivity contribution in [2.45, 2.75) is 46.5 Å². The van der Waals surface area contributed by atoms with Gasteiger partial charge in [-0.3, -0.25) is 0 Å². The van der Waals surface area contributed by atoms with E-state index < -0.39 is 0 Å². The van der Waals surface area contributed by atoms with Crippen LogP contribution >= 0.6 is 0 Å². The minimum Gasteiger partial charge on any atom is -0.507 e. The first-order valence-electron chi connectivity index (χ1n) is 7.21. The van der Waals surface area contributed by atoms with Gasteiger partial charge in [0.2, 0.25) is 0 Å². The van der Waals surface area contributed by atoms with Crippen LogP contribution < -0.4 is 0 Å². The molecule has 4 atom stereocenters. The molecule has 0 saturated heterocycles. The zero-order valence-corrected chi connectivity index (χ0v) is 11.9. The molecule has 2 aliphatic rings. The lowest BCUT2D eigenvalue weighted by Gasteiger charge is -2.40. The maximum absolute atomic E-state index is 10.3. The molecule has 1 heteroatoms. The van der Waals surface area contributed by atoms with Gasteiger partial charge in [-0.25, -0.2) is 0 Å². The van der Waals surface area contributed by atoms with Gasteiger partial charge in [-0.15, -0.1) is 0 Å². The average Bonchev–Trinajstić information content (AvgIpc) is 2.83. The molecule has 0 unspecified atom stereocenters. The number of hydrogen-bond acceptors (Lipinski definition) is 1. The highest BCUT2D eigenvalue weighted by atomic mass is 16.3. The van der Waals surface area contributed by atoms with E-state index in [0.29, 0.717) is 17.1 Å². The van der Waals surface area contributed by atoms with Gasteiger partial charge in [-0.2, -0.15) is 0 Å². The summed E-state index contributed by atoms with van der Waals surface area (Å²) in [5.74, 6) is 3.49. The van der Waals surface area contributed by atoms with E-state index in [0.717, 1.165) is 23.3 Å². The molecule has 1 N–H and O–H groups in total. The summed E-state index contributed by atoms with van der Waals surface area (Å²) in [6, 6.07) is 6.22. The molecule has 1 aromatic rings. The largest absolute Gasteiger partial charge is 0.507 e. The number of hydrogen-bond donors (Lipinski definition) is 1. The Morgan fingerprint density at radius 2 is 1.94 bits per heavy atom. The molecule has 3 rings (SSSR count). The van der Waals surface area contributed by atoms with E-state index in [9.17, 15) is 5.11 Å². The molecule has 0 aliphatic heterocycles. The molecule has 1 nitrogen and oxygen atoms in total. The number of benzene rings is 1. The quantitative estimate of drug-likeness (QED) is 0.772. The van der Waals surface area contributed by atoms with E-state index in [1.54, 1.807) is 0 Å². The third-order valence-electron chi connectivity index (χ3n) is 6.15. The van der Waals surface area contributed by atoms with Crippen molar-refractivity contribution in [1.29, 1.82) is 0 Å². The topological polar surface area (TPSA) is 20.2 Å². The molecule has 1 aromatic carbocycles. The van der Waals surface area contributed by atoms with Crippen molar-refractivity contribution < 1.29 is 5.11 Å². The molecule has 98 valence electrons. The smallest absolute Gasteiger partial charge is 0.121 e. The Hall–Kier alpha value is -0.980. The van der Waals surface area contributed by atoms with Crippen LogP contribution in [-0.4, -0.2) is 5.11 Å². The van der Waals surface area contributed by atoms with Gasteiger partial charge in [0.25, 0.3) is 0 Å². The predicted molar refractivity (Wildman–Crippen MR) is 74.7 cm³/mol. The molecule has 2 fully saturated rings. The second-order valence-corrected chi connectivity index (χ2v) is 7.06. The monoisotopic (exact) mass is 244 g/mol. The highest BCUT2D eigenvalue weighted by Gasteiger charge is 2.55. The van der Waals surface area contributed by atoms with Crippen LogP contribution in [0.2, 0.25) is 0 Å². The summed E-state index contributed by atoms with van der Waals surface area (Å²) >= 11 is 0. The summed E-state index contributed by atoms with van der Waals surface area (Å²) in [6.45, 7) is 9.26. The summed E-state index contributed by atoms with van der Waals surface area (Å²) in [5.41, 5.74) is 2.70. The lowest BCUT2D eigenvalue weighted by atomic mass is 9.65. The van der Waals surface area contributed by atoms with Gasteiger partial charge >= 0.3 is 0 Å². The molecule has 0 aromatic heterocycles. The van der Waals surface area contributed by atoms with E-state index in [1.165, 1.54) is 18.4 Å². The third kappa shape index (κ3) is 1.46. The molecule has 0 heterocycles. The lowest BCUT2D eigenvalue weighted by molar-refractivity contribution is 0.121. The SMILES string of the molecule is Cc1cccc([C@@H]2C[C@H]3C[C@H]2[C@H](C)C3(C)C)c1O. The molecule has 2 aliphatic carbocycles. The van der Waals surface area contributed by atoms with Crippen molar-refractivity contribution in [1.82, 2.24) is 0 Å². The Balaban J connectivity index is 1.96. The maximum Gasteiger partial charge on any atom is 0.121 e. The fourth-order valence-electron chi connectivity index (χ4n) is 4.49. The van der Waals surface area contributed by atoms with E-state index in [2.05, 4.69) is 32.9 Å². The van der Waals surface area contributed by atoms with Crippen molar-refractivity contribution in [2.75, 3.05) is 0 Å². The average molecular weight is 244 g/mol. The number of aryl methyl sites for hydroxylation is 1. The van der Waals surface area contributed by atoms with Gasteiger partial charge in [0.1, 0.15) is 5.75 Å². The zero-order chi connectivity index (χ0) is 13.1.